The molecule has 5 nitrogen and oxygen atoms in total. The molecular weight excluding hydrogens is 398 g/mol. The van der Waals surface area contributed by atoms with Gasteiger partial charge in [-0.2, -0.15) is 0 Å². The smallest absolute Gasteiger partial charge is 0.230 e. The fourth-order valence-electron chi connectivity index (χ4n) is 5.13. The van der Waals surface area contributed by atoms with Crippen molar-refractivity contribution in [1.29, 1.82) is 0 Å². The van der Waals surface area contributed by atoms with E-state index in [1.165, 1.54) is 0 Å². The quantitative estimate of drug-likeness (QED) is 0.643. The molecule has 2 bridgehead atoms. The lowest BCUT2D eigenvalue weighted by Crippen LogP contribution is -2.53. The zero-order chi connectivity index (χ0) is 20.8. The highest BCUT2D eigenvalue weighted by Crippen LogP contribution is 2.43. The zero-order valence-corrected chi connectivity index (χ0v) is 17.9. The third-order valence-electron chi connectivity index (χ3n) is 6.76. The number of amides is 1. The van der Waals surface area contributed by atoms with Crippen LogP contribution in [0.1, 0.15) is 55.8 Å². The molecule has 0 spiro atoms. The van der Waals surface area contributed by atoms with Gasteiger partial charge in [0.15, 0.2) is 5.78 Å². The molecule has 2 aromatic rings. The molecule has 1 amide bonds. The molecule has 2 atom stereocenters. The molecule has 5 rings (SSSR count). The van der Waals surface area contributed by atoms with Gasteiger partial charge in [0, 0.05) is 46.5 Å². The lowest BCUT2D eigenvalue weighted by atomic mass is 9.94. The normalized spacial score (nSPS) is 25.3. The molecule has 1 aromatic carbocycles. The lowest BCUT2D eigenvalue weighted by molar-refractivity contribution is -0.120. The second-order valence-electron chi connectivity index (χ2n) is 8.84. The van der Waals surface area contributed by atoms with E-state index >= 15 is 0 Å². The molecule has 3 fully saturated rings. The summed E-state index contributed by atoms with van der Waals surface area (Å²) in [5.74, 6) is 1.42. The summed E-state index contributed by atoms with van der Waals surface area (Å²) in [6, 6.07) is 12.4. The summed E-state index contributed by atoms with van der Waals surface area (Å²) in [6.45, 7) is 1.56. The third kappa shape index (κ3) is 3.60. The summed E-state index contributed by atoms with van der Waals surface area (Å²) >= 11 is 6.09. The summed E-state index contributed by atoms with van der Waals surface area (Å²) in [5.41, 5.74) is 1.60. The number of halogens is 1. The van der Waals surface area contributed by atoms with Crippen LogP contribution in [-0.4, -0.2) is 34.8 Å². The fraction of sp³-hybridized carbons (Fsp3) is 0.458. The molecule has 1 saturated carbocycles. The standard InChI is InChI=1S/C24H26ClN3O2/c1-15(29)17-4-11-23(26-14-17)27-20-9-10-21(27)13-22(12-20)28(24(30)16-2-3-16)19-7-5-18(25)6-8-19/h4-8,11,14,16,20-22H,2-3,9-10,12-13H2,1H3. The molecule has 30 heavy (non-hydrogen) atoms. The number of rotatable bonds is 5. The van der Waals surface area contributed by atoms with Crippen molar-refractivity contribution in [3.05, 3.63) is 53.2 Å². The number of benzene rings is 1. The van der Waals surface area contributed by atoms with E-state index < -0.39 is 0 Å². The van der Waals surface area contributed by atoms with Crippen LogP contribution in [0, 0.1) is 5.92 Å². The van der Waals surface area contributed by atoms with E-state index in [1.54, 1.807) is 13.1 Å². The largest absolute Gasteiger partial charge is 0.350 e. The van der Waals surface area contributed by atoms with Crippen molar-refractivity contribution in [2.75, 3.05) is 9.80 Å². The molecule has 3 heterocycles. The number of hydrogen-bond donors (Lipinski definition) is 0. The van der Waals surface area contributed by atoms with E-state index in [4.69, 9.17) is 11.6 Å². The maximum absolute atomic E-state index is 13.2. The van der Waals surface area contributed by atoms with Crippen LogP contribution in [-0.2, 0) is 4.79 Å². The number of piperidine rings is 1. The van der Waals surface area contributed by atoms with Crippen LogP contribution in [0.3, 0.4) is 0 Å². The summed E-state index contributed by atoms with van der Waals surface area (Å²) in [5, 5.41) is 0.688. The van der Waals surface area contributed by atoms with Crippen molar-refractivity contribution in [2.24, 2.45) is 5.92 Å². The maximum atomic E-state index is 13.2. The van der Waals surface area contributed by atoms with Crippen molar-refractivity contribution < 1.29 is 9.59 Å². The number of hydrogen-bond acceptors (Lipinski definition) is 4. The van der Waals surface area contributed by atoms with Gasteiger partial charge in [-0.15, -0.1) is 0 Å². The minimum Gasteiger partial charge on any atom is -0.350 e. The predicted molar refractivity (Wildman–Crippen MR) is 118 cm³/mol. The van der Waals surface area contributed by atoms with Gasteiger partial charge >= 0.3 is 0 Å². The molecule has 2 saturated heterocycles. The molecule has 0 N–H and O–H groups in total. The Bertz CT molecular complexity index is 941. The van der Waals surface area contributed by atoms with E-state index in [0.717, 1.165) is 50.0 Å². The number of carbonyl (C=O) groups excluding carboxylic acids is 2. The number of ketones is 1. The van der Waals surface area contributed by atoms with Crippen LogP contribution in [0.4, 0.5) is 11.5 Å². The Morgan fingerprint density at radius 1 is 1.00 bits per heavy atom. The molecule has 2 unspecified atom stereocenters. The lowest BCUT2D eigenvalue weighted by Gasteiger charge is -2.44. The van der Waals surface area contributed by atoms with Crippen LogP contribution in [0.2, 0.25) is 5.02 Å². The molecule has 1 aliphatic carbocycles. The number of aromatic nitrogens is 1. The Labute approximate surface area is 182 Å². The fourth-order valence-corrected chi connectivity index (χ4v) is 5.25. The van der Waals surface area contributed by atoms with Gasteiger partial charge in [0.25, 0.3) is 0 Å². The van der Waals surface area contributed by atoms with Gasteiger partial charge in [-0.25, -0.2) is 4.98 Å². The first kappa shape index (κ1) is 19.6. The Balaban J connectivity index is 1.39. The van der Waals surface area contributed by atoms with E-state index in [0.29, 0.717) is 22.7 Å². The number of pyridine rings is 1. The molecule has 6 heteroatoms. The van der Waals surface area contributed by atoms with Gasteiger partial charge in [-0.1, -0.05) is 11.6 Å². The monoisotopic (exact) mass is 423 g/mol. The summed E-state index contributed by atoms with van der Waals surface area (Å²) in [7, 11) is 0. The van der Waals surface area contributed by atoms with Gasteiger partial charge in [-0.05, 0) is 81.8 Å². The van der Waals surface area contributed by atoms with Crippen molar-refractivity contribution >= 4 is 34.8 Å². The van der Waals surface area contributed by atoms with E-state index in [-0.39, 0.29) is 23.7 Å². The highest BCUT2D eigenvalue weighted by molar-refractivity contribution is 6.30. The number of fused-ring (bicyclic) bond motifs is 2. The van der Waals surface area contributed by atoms with Crippen LogP contribution in [0.15, 0.2) is 42.6 Å². The van der Waals surface area contributed by atoms with E-state index in [1.807, 2.05) is 36.4 Å². The second-order valence-corrected chi connectivity index (χ2v) is 9.27. The average Bonchev–Trinajstić information content (AvgIpc) is 3.55. The van der Waals surface area contributed by atoms with Crippen LogP contribution in [0.5, 0.6) is 0 Å². The van der Waals surface area contributed by atoms with Crippen LogP contribution >= 0.6 is 11.6 Å². The molecule has 0 radical (unpaired) electrons. The van der Waals surface area contributed by atoms with Crippen molar-refractivity contribution in [1.82, 2.24) is 4.98 Å². The van der Waals surface area contributed by atoms with E-state index in [9.17, 15) is 9.59 Å². The van der Waals surface area contributed by atoms with Crippen molar-refractivity contribution in [2.45, 2.75) is 63.6 Å². The van der Waals surface area contributed by atoms with Gasteiger partial charge in [0.1, 0.15) is 5.82 Å². The second kappa shape index (κ2) is 7.69. The summed E-state index contributed by atoms with van der Waals surface area (Å²) in [4.78, 5) is 33.8. The highest BCUT2D eigenvalue weighted by atomic mass is 35.5. The predicted octanol–water partition coefficient (Wildman–Crippen LogP) is 4.88. The first-order chi connectivity index (χ1) is 14.5. The van der Waals surface area contributed by atoms with Gasteiger partial charge in [0.05, 0.1) is 0 Å². The zero-order valence-electron chi connectivity index (χ0n) is 17.1. The Kier molecular flexibility index (Phi) is 5.02. The molecular formula is C24H26ClN3O2. The first-order valence-electron chi connectivity index (χ1n) is 10.8. The molecule has 2 aliphatic heterocycles. The van der Waals surface area contributed by atoms with Crippen molar-refractivity contribution in [3.63, 3.8) is 0 Å². The highest BCUT2D eigenvalue weighted by Gasteiger charge is 2.46. The average molecular weight is 424 g/mol. The van der Waals surface area contributed by atoms with Gasteiger partial charge in [-0.3, -0.25) is 9.59 Å². The Morgan fingerprint density at radius 3 is 2.20 bits per heavy atom. The molecule has 3 aliphatic rings. The minimum atomic E-state index is 0.0351. The number of anilines is 2. The number of nitrogens with zero attached hydrogens (tertiary/aromatic N) is 3. The first-order valence-corrected chi connectivity index (χ1v) is 11.2. The number of Topliss-reactive ketones (excluding diaryl/α,β-unsaturated/α-hetero) is 1. The van der Waals surface area contributed by atoms with Crippen LogP contribution in [0.25, 0.3) is 0 Å². The molecule has 1 aromatic heterocycles. The van der Waals surface area contributed by atoms with Crippen molar-refractivity contribution in [3.8, 4) is 0 Å². The van der Waals surface area contributed by atoms with Crippen LogP contribution < -0.4 is 9.80 Å². The Morgan fingerprint density at radius 2 is 1.67 bits per heavy atom. The van der Waals surface area contributed by atoms with Gasteiger partial charge < -0.3 is 9.80 Å². The minimum absolute atomic E-state index is 0.0351. The summed E-state index contributed by atoms with van der Waals surface area (Å²) < 4.78 is 0. The maximum Gasteiger partial charge on any atom is 0.230 e. The summed E-state index contributed by atoms with van der Waals surface area (Å²) in [6.07, 6.45) is 7.79. The SMILES string of the molecule is CC(=O)c1ccc(N2C3CCC2CC(N(C(=O)C2CC2)c2ccc(Cl)cc2)C3)nc1. The van der Waals surface area contributed by atoms with E-state index in [2.05, 4.69) is 14.8 Å². The number of carbonyl (C=O) groups is 2. The van der Waals surface area contributed by atoms with Gasteiger partial charge in [0.2, 0.25) is 5.91 Å². The third-order valence-corrected chi connectivity index (χ3v) is 7.01. The Hall–Kier alpha value is -2.40. The topological polar surface area (TPSA) is 53.5 Å². The molecule has 156 valence electrons.